The molecule has 100 valence electrons. The zero-order valence-electron chi connectivity index (χ0n) is 10.9. The van der Waals surface area contributed by atoms with Gasteiger partial charge in [0.1, 0.15) is 0 Å². The lowest BCUT2D eigenvalue weighted by Crippen LogP contribution is -2.06. The van der Waals surface area contributed by atoms with Crippen LogP contribution in [0.25, 0.3) is 6.08 Å². The molecule has 2 atom stereocenters. The highest BCUT2D eigenvalue weighted by Gasteiger charge is 2.42. The summed E-state index contributed by atoms with van der Waals surface area (Å²) in [5.41, 5.74) is 1.16. The second-order valence-corrected chi connectivity index (χ2v) is 5.47. The van der Waals surface area contributed by atoms with Gasteiger partial charge in [-0.2, -0.15) is 0 Å². The molecule has 1 aliphatic carbocycles. The third kappa shape index (κ3) is 4.35. The van der Waals surface area contributed by atoms with Gasteiger partial charge in [0.25, 0.3) is 0 Å². The predicted octanol–water partition coefficient (Wildman–Crippen LogP) is 4.18. The first-order valence-electron chi connectivity index (χ1n) is 6.47. The van der Waals surface area contributed by atoms with E-state index in [1.807, 2.05) is 37.3 Å². The van der Waals surface area contributed by atoms with Gasteiger partial charge in [-0.15, -0.1) is 0 Å². The van der Waals surface area contributed by atoms with Crippen molar-refractivity contribution in [3.8, 4) is 0 Å². The van der Waals surface area contributed by atoms with Crippen LogP contribution < -0.4 is 0 Å². The highest BCUT2D eigenvalue weighted by molar-refractivity contribution is 9.11. The summed E-state index contributed by atoms with van der Waals surface area (Å²) in [4.78, 5) is 11.5. The fourth-order valence-electron chi connectivity index (χ4n) is 1.92. The third-order valence-electron chi connectivity index (χ3n) is 3.04. The fourth-order valence-corrected chi connectivity index (χ4v) is 2.39. The molecule has 1 aliphatic rings. The van der Waals surface area contributed by atoms with Crippen LogP contribution in [0.4, 0.5) is 0 Å². The van der Waals surface area contributed by atoms with Crippen LogP contribution in [-0.2, 0) is 9.53 Å². The average Bonchev–Trinajstić information content (AvgIpc) is 3.17. The Morgan fingerprint density at radius 3 is 2.84 bits per heavy atom. The number of benzene rings is 1. The highest BCUT2D eigenvalue weighted by Crippen LogP contribution is 2.42. The molecule has 3 heteroatoms. The minimum absolute atomic E-state index is 0.0534. The summed E-state index contributed by atoms with van der Waals surface area (Å²) in [6, 6.07) is 10.1. The lowest BCUT2D eigenvalue weighted by molar-refractivity contribution is -0.144. The van der Waals surface area contributed by atoms with Gasteiger partial charge < -0.3 is 4.74 Å². The molecule has 2 nitrogen and oxygen atoms in total. The van der Waals surface area contributed by atoms with Gasteiger partial charge in [-0.1, -0.05) is 58.4 Å². The van der Waals surface area contributed by atoms with Gasteiger partial charge in [0, 0.05) is 4.48 Å². The molecule has 1 fully saturated rings. The van der Waals surface area contributed by atoms with Crippen molar-refractivity contribution in [2.75, 3.05) is 6.61 Å². The van der Waals surface area contributed by atoms with Gasteiger partial charge >= 0.3 is 5.97 Å². The number of halogens is 1. The maximum Gasteiger partial charge on any atom is 0.309 e. The first kappa shape index (κ1) is 14.1. The van der Waals surface area contributed by atoms with E-state index >= 15 is 0 Å². The second kappa shape index (κ2) is 6.71. The van der Waals surface area contributed by atoms with Gasteiger partial charge in [-0.3, -0.25) is 4.79 Å². The summed E-state index contributed by atoms with van der Waals surface area (Å²) in [5.74, 6) is 0.294. The maximum absolute atomic E-state index is 11.5. The minimum Gasteiger partial charge on any atom is -0.466 e. The number of carbonyl (C=O) groups is 1. The highest BCUT2D eigenvalue weighted by atomic mass is 79.9. The van der Waals surface area contributed by atoms with Crippen LogP contribution in [0.3, 0.4) is 0 Å². The van der Waals surface area contributed by atoms with E-state index in [2.05, 4.69) is 34.1 Å². The van der Waals surface area contributed by atoms with E-state index in [1.54, 1.807) is 0 Å². The van der Waals surface area contributed by atoms with E-state index in [0.717, 1.165) is 16.5 Å². The topological polar surface area (TPSA) is 26.3 Å². The molecule has 0 radical (unpaired) electrons. The van der Waals surface area contributed by atoms with Crippen molar-refractivity contribution in [1.82, 2.24) is 0 Å². The number of rotatable bonds is 5. The Morgan fingerprint density at radius 2 is 2.16 bits per heavy atom. The van der Waals surface area contributed by atoms with Gasteiger partial charge in [0.2, 0.25) is 0 Å². The molecule has 0 saturated heterocycles. The van der Waals surface area contributed by atoms with Crippen molar-refractivity contribution in [2.24, 2.45) is 11.8 Å². The van der Waals surface area contributed by atoms with Crippen molar-refractivity contribution in [1.29, 1.82) is 0 Å². The molecule has 19 heavy (non-hydrogen) atoms. The summed E-state index contributed by atoms with van der Waals surface area (Å²) >= 11 is 3.51. The molecule has 0 spiro atoms. The maximum atomic E-state index is 11.5. The zero-order chi connectivity index (χ0) is 13.7. The van der Waals surface area contributed by atoms with Crippen LogP contribution in [0.5, 0.6) is 0 Å². The number of esters is 1. The van der Waals surface area contributed by atoms with Crippen LogP contribution in [0.2, 0.25) is 0 Å². The number of hydrogen-bond acceptors (Lipinski definition) is 2. The SMILES string of the molecule is CCOC(=O)C1CC1/C=C(Br)/C=C/c1ccccc1. The van der Waals surface area contributed by atoms with Crippen LogP contribution in [0.15, 0.2) is 47.0 Å². The molecular weight excluding hydrogens is 304 g/mol. The van der Waals surface area contributed by atoms with Crippen molar-refractivity contribution >= 4 is 28.0 Å². The van der Waals surface area contributed by atoms with Crippen LogP contribution in [0.1, 0.15) is 18.9 Å². The van der Waals surface area contributed by atoms with Gasteiger partial charge in [0.05, 0.1) is 12.5 Å². The summed E-state index contributed by atoms with van der Waals surface area (Å²) < 4.78 is 6.01. The Bertz CT molecular complexity index is 491. The van der Waals surface area contributed by atoms with Crippen LogP contribution in [0, 0.1) is 11.8 Å². The minimum atomic E-state index is -0.0731. The number of allylic oxidation sites excluding steroid dienone is 3. The predicted molar refractivity (Wildman–Crippen MR) is 80.7 cm³/mol. The quantitative estimate of drug-likeness (QED) is 0.601. The van der Waals surface area contributed by atoms with E-state index in [4.69, 9.17) is 4.74 Å². The molecule has 1 aromatic rings. The molecule has 0 N–H and O–H groups in total. The normalized spacial score (nSPS) is 22.5. The van der Waals surface area contributed by atoms with Crippen molar-refractivity contribution in [3.63, 3.8) is 0 Å². The Kier molecular flexibility index (Phi) is 4.97. The molecule has 1 saturated carbocycles. The summed E-state index contributed by atoms with van der Waals surface area (Å²) in [5, 5.41) is 0. The molecule has 1 aromatic carbocycles. The average molecular weight is 321 g/mol. The Hall–Kier alpha value is -1.35. The molecule has 2 rings (SSSR count). The largest absolute Gasteiger partial charge is 0.466 e. The third-order valence-corrected chi connectivity index (χ3v) is 3.57. The van der Waals surface area contributed by atoms with Crippen molar-refractivity contribution in [3.05, 3.63) is 52.5 Å². The fraction of sp³-hybridized carbons (Fsp3) is 0.312. The van der Waals surface area contributed by atoms with E-state index in [0.29, 0.717) is 12.5 Å². The Labute approximate surface area is 122 Å². The molecule has 0 aliphatic heterocycles. The molecule has 0 aromatic heterocycles. The van der Waals surface area contributed by atoms with E-state index < -0.39 is 0 Å². The lowest BCUT2D eigenvalue weighted by atomic mass is 10.2. The molecule has 2 unspecified atom stereocenters. The molecule has 0 heterocycles. The standard InChI is InChI=1S/C16H17BrO2/c1-2-19-16(18)15-11-13(15)10-14(17)9-8-12-6-4-3-5-7-12/h3-10,13,15H,2,11H2,1H3/b9-8+,14-10-. The number of carbonyl (C=O) groups excluding carboxylic acids is 1. The lowest BCUT2D eigenvalue weighted by Gasteiger charge is -1.98. The molecule has 0 bridgehead atoms. The number of ether oxygens (including phenoxy) is 1. The van der Waals surface area contributed by atoms with Gasteiger partial charge in [-0.25, -0.2) is 0 Å². The Balaban J connectivity index is 1.88. The summed E-state index contributed by atoms with van der Waals surface area (Å²) in [7, 11) is 0. The first-order valence-corrected chi connectivity index (χ1v) is 7.27. The van der Waals surface area contributed by atoms with E-state index in [1.165, 1.54) is 0 Å². The van der Waals surface area contributed by atoms with E-state index in [-0.39, 0.29) is 11.9 Å². The zero-order valence-corrected chi connectivity index (χ0v) is 12.5. The van der Waals surface area contributed by atoms with E-state index in [9.17, 15) is 4.79 Å². The van der Waals surface area contributed by atoms with Crippen LogP contribution in [-0.4, -0.2) is 12.6 Å². The summed E-state index contributed by atoms with van der Waals surface area (Å²) in [6.45, 7) is 2.30. The van der Waals surface area contributed by atoms with Crippen LogP contribution >= 0.6 is 15.9 Å². The van der Waals surface area contributed by atoms with Gasteiger partial charge in [-0.05, 0) is 30.9 Å². The molecular formula is C16H17BrO2. The Morgan fingerprint density at radius 1 is 1.42 bits per heavy atom. The van der Waals surface area contributed by atoms with Gasteiger partial charge in [0.15, 0.2) is 0 Å². The summed E-state index contributed by atoms with van der Waals surface area (Å²) in [6.07, 6.45) is 7.03. The first-order chi connectivity index (χ1) is 9.20. The van der Waals surface area contributed by atoms with Crippen molar-refractivity contribution in [2.45, 2.75) is 13.3 Å². The van der Waals surface area contributed by atoms with Crippen molar-refractivity contribution < 1.29 is 9.53 Å². The second-order valence-electron chi connectivity index (χ2n) is 4.55. The monoisotopic (exact) mass is 320 g/mol. The molecule has 0 amide bonds. The number of hydrogen-bond donors (Lipinski definition) is 0. The smallest absolute Gasteiger partial charge is 0.309 e.